The van der Waals surface area contributed by atoms with Crippen LogP contribution in [0.4, 0.5) is 0 Å². The molecule has 1 N–H and O–H groups in total. The summed E-state index contributed by atoms with van der Waals surface area (Å²) in [5.74, 6) is 0. The molecule has 0 amide bonds. The van der Waals surface area contributed by atoms with E-state index in [4.69, 9.17) is 9.47 Å². The number of rotatable bonds is 11. The van der Waals surface area contributed by atoms with Crippen LogP contribution in [0.15, 0.2) is 0 Å². The monoisotopic (exact) mass is 272 g/mol. The van der Waals surface area contributed by atoms with Gasteiger partial charge in [0.1, 0.15) is 0 Å². The zero-order valence-electron chi connectivity index (χ0n) is 12.8. The number of nitrogens with zero attached hydrogens (tertiary/aromatic N) is 1. The van der Waals surface area contributed by atoms with Crippen LogP contribution in [0, 0.1) is 0 Å². The molecule has 0 spiro atoms. The molecule has 1 aliphatic rings. The summed E-state index contributed by atoms with van der Waals surface area (Å²) in [5.41, 5.74) is 0. The maximum Gasteiger partial charge on any atom is 0.0826 e. The van der Waals surface area contributed by atoms with Crippen molar-refractivity contribution >= 4 is 0 Å². The van der Waals surface area contributed by atoms with E-state index >= 15 is 0 Å². The van der Waals surface area contributed by atoms with E-state index in [9.17, 15) is 0 Å². The molecular weight excluding hydrogens is 240 g/mol. The van der Waals surface area contributed by atoms with E-state index < -0.39 is 0 Å². The quantitative estimate of drug-likeness (QED) is 0.582. The van der Waals surface area contributed by atoms with Crippen molar-refractivity contribution in [1.82, 2.24) is 10.2 Å². The Labute approximate surface area is 118 Å². The van der Waals surface area contributed by atoms with Gasteiger partial charge in [-0.1, -0.05) is 26.7 Å². The van der Waals surface area contributed by atoms with E-state index in [1.54, 1.807) is 0 Å². The number of ether oxygens (including phenoxy) is 2. The topological polar surface area (TPSA) is 33.7 Å². The zero-order chi connectivity index (χ0) is 13.8. The van der Waals surface area contributed by atoms with Crippen molar-refractivity contribution in [2.75, 3.05) is 52.5 Å². The second kappa shape index (κ2) is 11.6. The molecule has 0 aromatic rings. The van der Waals surface area contributed by atoms with Crippen LogP contribution < -0.4 is 5.32 Å². The third-order valence-corrected chi connectivity index (χ3v) is 3.47. The standard InChI is InChI=1S/C15H32N2O2/c1-3-5-6-10-18-11-8-17-9-12-19-15(14-17)13-16-7-4-2/h15-16H,3-14H2,1-2H3. The summed E-state index contributed by atoms with van der Waals surface area (Å²) in [7, 11) is 0. The van der Waals surface area contributed by atoms with Crippen molar-refractivity contribution < 1.29 is 9.47 Å². The van der Waals surface area contributed by atoms with Crippen LogP contribution in [0.3, 0.4) is 0 Å². The molecule has 114 valence electrons. The lowest BCUT2D eigenvalue weighted by atomic mass is 10.2. The van der Waals surface area contributed by atoms with Gasteiger partial charge in [-0.15, -0.1) is 0 Å². The zero-order valence-corrected chi connectivity index (χ0v) is 12.8. The summed E-state index contributed by atoms with van der Waals surface area (Å²) in [6.45, 7) is 12.2. The third kappa shape index (κ3) is 8.58. The summed E-state index contributed by atoms with van der Waals surface area (Å²) < 4.78 is 11.4. The molecule has 0 radical (unpaired) electrons. The molecule has 0 aromatic heterocycles. The van der Waals surface area contributed by atoms with Gasteiger partial charge in [-0.25, -0.2) is 0 Å². The van der Waals surface area contributed by atoms with Gasteiger partial charge in [0, 0.05) is 32.8 Å². The molecule has 0 aromatic carbocycles. The predicted octanol–water partition coefficient (Wildman–Crippen LogP) is 1.89. The third-order valence-electron chi connectivity index (χ3n) is 3.47. The minimum Gasteiger partial charge on any atom is -0.380 e. The first-order chi connectivity index (χ1) is 9.36. The van der Waals surface area contributed by atoms with E-state index in [1.807, 2.05) is 0 Å². The van der Waals surface area contributed by atoms with Gasteiger partial charge in [0.2, 0.25) is 0 Å². The second-order valence-electron chi connectivity index (χ2n) is 5.32. The molecular formula is C15H32N2O2. The Hall–Kier alpha value is -0.160. The van der Waals surface area contributed by atoms with Gasteiger partial charge < -0.3 is 14.8 Å². The van der Waals surface area contributed by atoms with Gasteiger partial charge >= 0.3 is 0 Å². The molecule has 1 atom stereocenters. The molecule has 19 heavy (non-hydrogen) atoms. The van der Waals surface area contributed by atoms with Gasteiger partial charge in [0.05, 0.1) is 19.3 Å². The van der Waals surface area contributed by atoms with Crippen molar-refractivity contribution in [2.45, 2.75) is 45.6 Å². The fourth-order valence-electron chi connectivity index (χ4n) is 2.30. The first-order valence-electron chi connectivity index (χ1n) is 7.99. The fraction of sp³-hybridized carbons (Fsp3) is 1.00. The Morgan fingerprint density at radius 1 is 1.21 bits per heavy atom. The Kier molecular flexibility index (Phi) is 10.4. The predicted molar refractivity (Wildman–Crippen MR) is 79.7 cm³/mol. The number of morpholine rings is 1. The largest absolute Gasteiger partial charge is 0.380 e. The van der Waals surface area contributed by atoms with Crippen molar-refractivity contribution in [3.8, 4) is 0 Å². The van der Waals surface area contributed by atoms with Crippen LogP contribution in [-0.4, -0.2) is 63.5 Å². The summed E-state index contributed by atoms with van der Waals surface area (Å²) in [6.07, 6.45) is 5.27. The second-order valence-corrected chi connectivity index (χ2v) is 5.32. The summed E-state index contributed by atoms with van der Waals surface area (Å²) >= 11 is 0. The molecule has 0 aliphatic carbocycles. The van der Waals surface area contributed by atoms with Gasteiger partial charge in [-0.05, 0) is 19.4 Å². The number of hydrogen-bond donors (Lipinski definition) is 1. The maximum atomic E-state index is 5.77. The highest BCUT2D eigenvalue weighted by Crippen LogP contribution is 2.04. The molecule has 1 rings (SSSR count). The van der Waals surface area contributed by atoms with E-state index in [0.29, 0.717) is 6.10 Å². The normalized spacial score (nSPS) is 20.8. The molecule has 4 heteroatoms. The average Bonchev–Trinajstić information content (AvgIpc) is 2.43. The van der Waals surface area contributed by atoms with E-state index in [0.717, 1.165) is 52.5 Å². The first-order valence-corrected chi connectivity index (χ1v) is 7.99. The van der Waals surface area contributed by atoms with Crippen LogP contribution in [0.1, 0.15) is 39.5 Å². The van der Waals surface area contributed by atoms with Crippen LogP contribution in [0.5, 0.6) is 0 Å². The molecule has 1 heterocycles. The molecule has 0 bridgehead atoms. The highest BCUT2D eigenvalue weighted by molar-refractivity contribution is 4.73. The van der Waals surface area contributed by atoms with Crippen molar-refractivity contribution in [3.05, 3.63) is 0 Å². The van der Waals surface area contributed by atoms with Crippen molar-refractivity contribution in [3.63, 3.8) is 0 Å². The van der Waals surface area contributed by atoms with Crippen LogP contribution in [0.25, 0.3) is 0 Å². The lowest BCUT2D eigenvalue weighted by molar-refractivity contribution is -0.0348. The smallest absolute Gasteiger partial charge is 0.0826 e. The molecule has 1 aliphatic heterocycles. The first kappa shape index (κ1) is 16.9. The maximum absolute atomic E-state index is 5.77. The molecule has 0 saturated carbocycles. The molecule has 4 nitrogen and oxygen atoms in total. The summed E-state index contributed by atoms with van der Waals surface area (Å²) in [5, 5.41) is 3.43. The number of unbranched alkanes of at least 4 members (excludes halogenated alkanes) is 2. The Morgan fingerprint density at radius 2 is 2.11 bits per heavy atom. The van der Waals surface area contributed by atoms with Gasteiger partial charge in [0.25, 0.3) is 0 Å². The van der Waals surface area contributed by atoms with Gasteiger partial charge in [-0.2, -0.15) is 0 Å². The Bertz CT molecular complexity index is 203. The molecule has 1 fully saturated rings. The van der Waals surface area contributed by atoms with Crippen LogP contribution in [-0.2, 0) is 9.47 Å². The fourth-order valence-corrected chi connectivity index (χ4v) is 2.30. The molecule has 1 saturated heterocycles. The Balaban J connectivity index is 2.00. The SMILES string of the molecule is CCCCCOCCN1CCOC(CNCCC)C1. The number of nitrogens with one attached hydrogen (secondary N) is 1. The van der Waals surface area contributed by atoms with E-state index in [2.05, 4.69) is 24.1 Å². The lowest BCUT2D eigenvalue weighted by Gasteiger charge is -2.33. The van der Waals surface area contributed by atoms with Gasteiger partial charge in [0.15, 0.2) is 0 Å². The average molecular weight is 272 g/mol. The molecule has 1 unspecified atom stereocenters. The minimum absolute atomic E-state index is 0.348. The lowest BCUT2D eigenvalue weighted by Crippen LogP contribution is -2.47. The van der Waals surface area contributed by atoms with E-state index in [1.165, 1.54) is 25.7 Å². The van der Waals surface area contributed by atoms with Gasteiger partial charge in [-0.3, -0.25) is 4.90 Å². The highest BCUT2D eigenvalue weighted by Gasteiger charge is 2.19. The van der Waals surface area contributed by atoms with Crippen LogP contribution in [0.2, 0.25) is 0 Å². The Morgan fingerprint density at radius 3 is 2.89 bits per heavy atom. The van der Waals surface area contributed by atoms with Crippen LogP contribution >= 0.6 is 0 Å². The summed E-state index contributed by atoms with van der Waals surface area (Å²) in [4.78, 5) is 2.46. The van der Waals surface area contributed by atoms with E-state index in [-0.39, 0.29) is 0 Å². The number of hydrogen-bond acceptors (Lipinski definition) is 4. The minimum atomic E-state index is 0.348. The van der Waals surface area contributed by atoms with Crippen molar-refractivity contribution in [2.24, 2.45) is 0 Å². The highest BCUT2D eigenvalue weighted by atomic mass is 16.5. The van der Waals surface area contributed by atoms with Crippen molar-refractivity contribution in [1.29, 1.82) is 0 Å². The summed E-state index contributed by atoms with van der Waals surface area (Å²) in [6, 6.07) is 0.